The fraction of sp³-hybridized carbons (Fsp3) is 0.643. The van der Waals surface area contributed by atoms with Crippen LogP contribution in [0.25, 0.3) is 0 Å². The van der Waals surface area contributed by atoms with Gasteiger partial charge in [0, 0.05) is 26.8 Å². The Morgan fingerprint density at radius 1 is 1.41 bits per heavy atom. The lowest BCUT2D eigenvalue weighted by Gasteiger charge is -2.54. The molecule has 0 saturated carbocycles. The topological polar surface area (TPSA) is 81.8 Å². The van der Waals surface area contributed by atoms with Crippen molar-refractivity contribution in [1.82, 2.24) is 24.9 Å². The molecule has 1 spiro atoms. The van der Waals surface area contributed by atoms with Gasteiger partial charge in [-0.3, -0.25) is 19.6 Å². The largest absolute Gasteiger partial charge is 0.368 e. The van der Waals surface area contributed by atoms with Gasteiger partial charge in [-0.25, -0.2) is 0 Å². The van der Waals surface area contributed by atoms with Crippen molar-refractivity contribution in [1.29, 1.82) is 0 Å². The minimum Gasteiger partial charge on any atom is -0.368 e. The molecule has 0 aliphatic carbocycles. The Balaban J connectivity index is 1.58. The summed E-state index contributed by atoms with van der Waals surface area (Å²) in [5, 5.41) is 6.47. The first-order valence-corrected chi connectivity index (χ1v) is 7.26. The van der Waals surface area contributed by atoms with Crippen molar-refractivity contribution < 1.29 is 14.3 Å². The van der Waals surface area contributed by atoms with E-state index in [0.717, 1.165) is 0 Å². The standard InChI is InChI=1S/C14H21N5O3/c1-17(2)13(21)11-6-22-14(7-18(11)3)8-19(9-14)12(20)10-4-5-15-16-10/h4-5,11H,6-9H2,1-3H3,(H,15,16)/t11-/m1/s1. The highest BCUT2D eigenvalue weighted by atomic mass is 16.5. The van der Waals surface area contributed by atoms with E-state index in [4.69, 9.17) is 4.74 Å². The smallest absolute Gasteiger partial charge is 0.272 e. The molecule has 1 aromatic rings. The van der Waals surface area contributed by atoms with Crippen LogP contribution in [-0.2, 0) is 9.53 Å². The van der Waals surface area contributed by atoms with Gasteiger partial charge in [-0.2, -0.15) is 5.10 Å². The summed E-state index contributed by atoms with van der Waals surface area (Å²) < 4.78 is 5.94. The third-order valence-electron chi connectivity index (χ3n) is 4.32. The predicted octanol–water partition coefficient (Wildman–Crippen LogP) is -0.977. The molecule has 1 atom stereocenters. The summed E-state index contributed by atoms with van der Waals surface area (Å²) in [4.78, 5) is 29.6. The Morgan fingerprint density at radius 3 is 2.68 bits per heavy atom. The van der Waals surface area contributed by atoms with Crippen LogP contribution in [0.2, 0.25) is 0 Å². The SMILES string of the molecule is CN(C)C(=O)[C@H]1COC2(CN(C(=O)c3ccn[nH]3)C2)CN1C. The summed E-state index contributed by atoms with van der Waals surface area (Å²) in [7, 11) is 5.42. The Morgan fingerprint density at radius 2 is 2.14 bits per heavy atom. The number of ether oxygens (including phenoxy) is 1. The number of nitrogens with zero attached hydrogens (tertiary/aromatic N) is 4. The quantitative estimate of drug-likeness (QED) is 0.760. The monoisotopic (exact) mass is 307 g/mol. The highest BCUT2D eigenvalue weighted by Gasteiger charge is 2.51. The van der Waals surface area contributed by atoms with Crippen molar-refractivity contribution in [3.8, 4) is 0 Å². The molecular formula is C14H21N5O3. The normalized spacial score (nSPS) is 24.1. The maximum absolute atomic E-state index is 12.2. The van der Waals surface area contributed by atoms with Gasteiger partial charge in [-0.15, -0.1) is 0 Å². The van der Waals surface area contributed by atoms with Crippen LogP contribution in [0.1, 0.15) is 10.5 Å². The Kier molecular flexibility index (Phi) is 3.65. The number of nitrogens with one attached hydrogen (secondary N) is 1. The molecule has 1 N–H and O–H groups in total. The number of H-pyrrole nitrogens is 1. The van der Waals surface area contributed by atoms with Gasteiger partial charge in [-0.1, -0.05) is 0 Å². The third-order valence-corrected chi connectivity index (χ3v) is 4.32. The molecule has 2 amide bonds. The summed E-state index contributed by atoms with van der Waals surface area (Å²) in [6.07, 6.45) is 1.56. The number of morpholine rings is 1. The molecule has 2 aliphatic heterocycles. The van der Waals surface area contributed by atoms with Crippen LogP contribution < -0.4 is 0 Å². The van der Waals surface area contributed by atoms with Crippen LogP contribution in [0, 0.1) is 0 Å². The fourth-order valence-corrected chi connectivity index (χ4v) is 3.08. The maximum Gasteiger partial charge on any atom is 0.272 e. The molecule has 3 heterocycles. The van der Waals surface area contributed by atoms with E-state index >= 15 is 0 Å². The van der Waals surface area contributed by atoms with Gasteiger partial charge in [0.2, 0.25) is 5.91 Å². The lowest BCUT2D eigenvalue weighted by atomic mass is 9.90. The summed E-state index contributed by atoms with van der Waals surface area (Å²) >= 11 is 0. The molecule has 0 unspecified atom stereocenters. The number of likely N-dealkylation sites (tertiary alicyclic amines) is 1. The lowest BCUT2D eigenvalue weighted by Crippen LogP contribution is -2.73. The first-order chi connectivity index (χ1) is 10.4. The molecule has 1 aromatic heterocycles. The van der Waals surface area contributed by atoms with Crippen LogP contribution in [0.15, 0.2) is 12.3 Å². The molecule has 8 heteroatoms. The van der Waals surface area contributed by atoms with E-state index < -0.39 is 0 Å². The van der Waals surface area contributed by atoms with E-state index in [1.165, 1.54) is 0 Å². The van der Waals surface area contributed by atoms with Crippen LogP contribution in [0.4, 0.5) is 0 Å². The zero-order valence-electron chi connectivity index (χ0n) is 13.1. The van der Waals surface area contributed by atoms with Gasteiger partial charge < -0.3 is 14.5 Å². The fourth-order valence-electron chi connectivity index (χ4n) is 3.08. The summed E-state index contributed by atoms with van der Waals surface area (Å²) in [6, 6.07) is 1.41. The number of carbonyl (C=O) groups is 2. The second kappa shape index (κ2) is 5.36. The average molecular weight is 307 g/mol. The molecule has 3 rings (SSSR count). The molecule has 8 nitrogen and oxygen atoms in total. The molecule has 2 saturated heterocycles. The minimum atomic E-state index is -0.354. The van der Waals surface area contributed by atoms with E-state index in [9.17, 15) is 9.59 Å². The van der Waals surface area contributed by atoms with E-state index in [2.05, 4.69) is 10.2 Å². The number of likely N-dealkylation sites (N-methyl/N-ethyl adjacent to an activating group) is 2. The van der Waals surface area contributed by atoms with Crippen LogP contribution >= 0.6 is 0 Å². The van der Waals surface area contributed by atoms with Crippen molar-refractivity contribution in [3.63, 3.8) is 0 Å². The van der Waals surface area contributed by atoms with Crippen molar-refractivity contribution in [2.24, 2.45) is 0 Å². The number of carbonyl (C=O) groups excluding carboxylic acids is 2. The Bertz CT molecular complexity index is 565. The van der Waals surface area contributed by atoms with Crippen molar-refractivity contribution in [2.75, 3.05) is 47.4 Å². The number of aromatic amines is 1. The number of aromatic nitrogens is 2. The van der Waals surface area contributed by atoms with Gasteiger partial charge in [0.05, 0.1) is 19.7 Å². The average Bonchev–Trinajstić information content (AvgIpc) is 2.97. The number of hydrogen-bond acceptors (Lipinski definition) is 5. The molecule has 0 aromatic carbocycles. The van der Waals surface area contributed by atoms with Crippen molar-refractivity contribution >= 4 is 11.8 Å². The number of amides is 2. The molecule has 2 aliphatic rings. The van der Waals surface area contributed by atoms with E-state index in [1.807, 2.05) is 11.9 Å². The molecule has 0 radical (unpaired) electrons. The minimum absolute atomic E-state index is 0.0436. The van der Waals surface area contributed by atoms with Gasteiger partial charge in [0.15, 0.2) is 0 Å². The highest BCUT2D eigenvalue weighted by Crippen LogP contribution is 2.31. The highest BCUT2D eigenvalue weighted by molar-refractivity contribution is 5.93. The van der Waals surface area contributed by atoms with Crippen LogP contribution in [0.5, 0.6) is 0 Å². The Labute approximate surface area is 129 Å². The second-order valence-corrected chi connectivity index (χ2v) is 6.29. The van der Waals surface area contributed by atoms with Crippen LogP contribution in [-0.4, -0.2) is 95.7 Å². The van der Waals surface area contributed by atoms with Gasteiger partial charge in [0.1, 0.15) is 17.3 Å². The van der Waals surface area contributed by atoms with Gasteiger partial charge >= 0.3 is 0 Å². The molecule has 120 valence electrons. The zero-order chi connectivity index (χ0) is 15.9. The van der Waals surface area contributed by atoms with Gasteiger partial charge in [-0.05, 0) is 13.1 Å². The maximum atomic E-state index is 12.2. The van der Waals surface area contributed by atoms with E-state index in [-0.39, 0.29) is 23.5 Å². The second-order valence-electron chi connectivity index (χ2n) is 6.29. The lowest BCUT2D eigenvalue weighted by molar-refractivity contribution is -0.190. The first-order valence-electron chi connectivity index (χ1n) is 7.26. The first kappa shape index (κ1) is 15.0. The van der Waals surface area contributed by atoms with Gasteiger partial charge in [0.25, 0.3) is 5.91 Å². The molecule has 0 bridgehead atoms. The Hall–Kier alpha value is -1.93. The van der Waals surface area contributed by atoms with Crippen LogP contribution in [0.3, 0.4) is 0 Å². The van der Waals surface area contributed by atoms with Crippen molar-refractivity contribution in [3.05, 3.63) is 18.0 Å². The van der Waals surface area contributed by atoms with Crippen molar-refractivity contribution in [2.45, 2.75) is 11.6 Å². The molecular weight excluding hydrogens is 286 g/mol. The zero-order valence-corrected chi connectivity index (χ0v) is 13.1. The van der Waals surface area contributed by atoms with E-state index in [1.54, 1.807) is 36.2 Å². The molecule has 22 heavy (non-hydrogen) atoms. The predicted molar refractivity (Wildman–Crippen MR) is 78.3 cm³/mol. The third kappa shape index (κ3) is 2.48. The number of hydrogen-bond donors (Lipinski definition) is 1. The summed E-state index contributed by atoms with van der Waals surface area (Å²) in [5.41, 5.74) is 0.132. The molecule has 2 fully saturated rings. The van der Waals surface area contributed by atoms with E-state index in [0.29, 0.717) is 31.9 Å². The number of rotatable bonds is 2. The summed E-state index contributed by atoms with van der Waals surface area (Å²) in [6.45, 7) is 2.08. The summed E-state index contributed by atoms with van der Waals surface area (Å²) in [5.74, 6) is -0.0251.